The third kappa shape index (κ3) is 2.18. The molecule has 112 valence electrons. The number of carboxylic acid groups (broad SMARTS) is 1. The summed E-state index contributed by atoms with van der Waals surface area (Å²) in [5, 5.41) is 12.0. The van der Waals surface area contributed by atoms with Gasteiger partial charge in [0.1, 0.15) is 5.82 Å². The van der Waals surface area contributed by atoms with E-state index in [9.17, 15) is 9.59 Å². The van der Waals surface area contributed by atoms with Crippen LogP contribution in [0.5, 0.6) is 0 Å². The number of nitrogens with zero attached hydrogens (tertiary/aromatic N) is 2. The number of rotatable bonds is 3. The highest BCUT2D eigenvalue weighted by molar-refractivity contribution is 5.94. The number of nitrogens with one attached hydrogen (secondary N) is 1. The molecule has 1 aromatic rings. The molecule has 0 spiro atoms. The highest BCUT2D eigenvalue weighted by atomic mass is 16.4. The molecule has 3 atom stereocenters. The number of carbonyl (C=O) groups excluding carboxylic acids is 1. The molecule has 2 aliphatic carbocycles. The van der Waals surface area contributed by atoms with Crippen molar-refractivity contribution in [3.05, 3.63) is 23.8 Å². The average molecular weight is 289 g/mol. The standard InChI is InChI=1S/C15H19N3O3/c1-14(2,3)12-16-6-8(7-17-12)11(19)18-10-5-15(13(20)21)4-9(10)15/h6-7,9-10H,4-5H2,1-3H3,(H,18,19)(H,20,21)/t9-,10+,15-/m0/s1. The first kappa shape index (κ1) is 14.0. The van der Waals surface area contributed by atoms with Crippen LogP contribution in [0.1, 0.15) is 49.8 Å². The molecule has 1 aromatic heterocycles. The number of aromatic nitrogens is 2. The van der Waals surface area contributed by atoms with Gasteiger partial charge in [-0.15, -0.1) is 0 Å². The molecular formula is C15H19N3O3. The summed E-state index contributed by atoms with van der Waals surface area (Å²) in [7, 11) is 0. The smallest absolute Gasteiger partial charge is 0.310 e. The summed E-state index contributed by atoms with van der Waals surface area (Å²) < 4.78 is 0. The lowest BCUT2D eigenvalue weighted by Gasteiger charge is -2.32. The van der Waals surface area contributed by atoms with Gasteiger partial charge in [-0.3, -0.25) is 9.59 Å². The zero-order valence-corrected chi connectivity index (χ0v) is 12.4. The molecule has 1 amide bonds. The summed E-state index contributed by atoms with van der Waals surface area (Å²) >= 11 is 0. The molecule has 2 N–H and O–H groups in total. The van der Waals surface area contributed by atoms with Crippen LogP contribution in [0.4, 0.5) is 0 Å². The van der Waals surface area contributed by atoms with Crippen LogP contribution in [0, 0.1) is 11.3 Å². The number of amides is 1. The van der Waals surface area contributed by atoms with Gasteiger partial charge in [0.2, 0.25) is 0 Å². The van der Waals surface area contributed by atoms with Crippen molar-refractivity contribution in [3.63, 3.8) is 0 Å². The van der Waals surface area contributed by atoms with Crippen LogP contribution in [0.25, 0.3) is 0 Å². The molecule has 2 aliphatic rings. The Kier molecular flexibility index (Phi) is 2.83. The molecule has 21 heavy (non-hydrogen) atoms. The third-order valence-electron chi connectivity index (χ3n) is 4.53. The topological polar surface area (TPSA) is 92.2 Å². The van der Waals surface area contributed by atoms with Crippen molar-refractivity contribution < 1.29 is 14.7 Å². The van der Waals surface area contributed by atoms with E-state index < -0.39 is 11.4 Å². The van der Waals surface area contributed by atoms with Crippen molar-refractivity contribution in [2.45, 2.75) is 45.1 Å². The summed E-state index contributed by atoms with van der Waals surface area (Å²) in [6.07, 6.45) is 4.25. The molecular weight excluding hydrogens is 270 g/mol. The third-order valence-corrected chi connectivity index (χ3v) is 4.53. The lowest BCUT2D eigenvalue weighted by molar-refractivity contribution is -0.147. The molecule has 6 heteroatoms. The minimum absolute atomic E-state index is 0.0316. The highest BCUT2D eigenvalue weighted by Gasteiger charge is 2.72. The van der Waals surface area contributed by atoms with Gasteiger partial charge in [-0.2, -0.15) is 0 Å². The van der Waals surface area contributed by atoms with Crippen LogP contribution in [0.15, 0.2) is 12.4 Å². The van der Waals surface area contributed by atoms with Crippen LogP contribution in [-0.4, -0.2) is 33.0 Å². The SMILES string of the molecule is CC(C)(C)c1ncc(C(=O)N[C@@H]2C[C@@]3(C(=O)O)C[C@@H]23)cn1. The minimum Gasteiger partial charge on any atom is -0.481 e. The van der Waals surface area contributed by atoms with Crippen molar-refractivity contribution in [1.29, 1.82) is 0 Å². The second kappa shape index (κ2) is 4.26. The van der Waals surface area contributed by atoms with Gasteiger partial charge < -0.3 is 10.4 Å². The molecule has 0 aliphatic heterocycles. The van der Waals surface area contributed by atoms with Crippen molar-refractivity contribution >= 4 is 11.9 Å². The zero-order valence-electron chi connectivity index (χ0n) is 12.4. The number of hydrogen-bond donors (Lipinski definition) is 2. The van der Waals surface area contributed by atoms with Gasteiger partial charge in [0.25, 0.3) is 5.91 Å². The Bertz CT molecular complexity index is 606. The van der Waals surface area contributed by atoms with Crippen molar-refractivity contribution in [1.82, 2.24) is 15.3 Å². The fourth-order valence-corrected chi connectivity index (χ4v) is 3.04. The van der Waals surface area contributed by atoms with E-state index in [1.807, 2.05) is 20.8 Å². The van der Waals surface area contributed by atoms with Gasteiger partial charge in [-0.25, -0.2) is 9.97 Å². The molecule has 0 saturated heterocycles. The number of hydrogen-bond acceptors (Lipinski definition) is 4. The first-order valence-electron chi connectivity index (χ1n) is 7.11. The number of carbonyl (C=O) groups is 2. The Morgan fingerprint density at radius 3 is 2.33 bits per heavy atom. The predicted molar refractivity (Wildman–Crippen MR) is 74.8 cm³/mol. The average Bonchev–Trinajstić information content (AvgIpc) is 3.02. The second-order valence-corrected chi connectivity index (χ2v) is 7.10. The van der Waals surface area contributed by atoms with Gasteiger partial charge in [-0.1, -0.05) is 20.8 Å². The van der Waals surface area contributed by atoms with Crippen molar-refractivity contribution in [2.75, 3.05) is 0 Å². The normalized spacial score (nSPS) is 30.0. The Morgan fingerprint density at radius 2 is 1.90 bits per heavy atom. The Hall–Kier alpha value is -1.98. The quantitative estimate of drug-likeness (QED) is 0.876. The van der Waals surface area contributed by atoms with E-state index in [4.69, 9.17) is 5.11 Å². The molecule has 0 radical (unpaired) electrons. The minimum atomic E-state index is -0.740. The van der Waals surface area contributed by atoms with Gasteiger partial charge in [-0.05, 0) is 18.8 Å². The maximum absolute atomic E-state index is 12.1. The summed E-state index contributed by atoms with van der Waals surface area (Å²) in [4.78, 5) is 31.6. The van der Waals surface area contributed by atoms with Crippen LogP contribution in [0.2, 0.25) is 0 Å². The lowest BCUT2D eigenvalue weighted by atomic mass is 9.80. The maximum atomic E-state index is 12.1. The van der Waals surface area contributed by atoms with Gasteiger partial charge >= 0.3 is 5.97 Å². The van der Waals surface area contributed by atoms with E-state index in [2.05, 4.69) is 15.3 Å². The zero-order chi connectivity index (χ0) is 15.4. The number of fused-ring (bicyclic) bond motifs is 1. The molecule has 1 heterocycles. The van der Waals surface area contributed by atoms with E-state index >= 15 is 0 Å². The molecule has 0 unspecified atom stereocenters. The first-order valence-corrected chi connectivity index (χ1v) is 7.11. The summed E-state index contributed by atoms with van der Waals surface area (Å²) in [6, 6.07) is -0.0316. The van der Waals surface area contributed by atoms with Gasteiger partial charge in [0, 0.05) is 23.9 Å². The first-order chi connectivity index (χ1) is 9.74. The molecule has 2 saturated carbocycles. The molecule has 0 aromatic carbocycles. The Morgan fingerprint density at radius 1 is 1.29 bits per heavy atom. The lowest BCUT2D eigenvalue weighted by Crippen LogP contribution is -2.48. The van der Waals surface area contributed by atoms with E-state index in [0.29, 0.717) is 24.2 Å². The molecule has 0 bridgehead atoms. The van der Waals surface area contributed by atoms with Crippen LogP contribution in [0.3, 0.4) is 0 Å². The van der Waals surface area contributed by atoms with Crippen LogP contribution in [-0.2, 0) is 10.2 Å². The molecule has 6 nitrogen and oxygen atoms in total. The van der Waals surface area contributed by atoms with Crippen molar-refractivity contribution in [2.24, 2.45) is 11.3 Å². The Labute approximate surface area is 123 Å². The molecule has 2 fully saturated rings. The van der Waals surface area contributed by atoms with E-state index in [1.165, 1.54) is 12.4 Å². The summed E-state index contributed by atoms with van der Waals surface area (Å²) in [5.74, 6) is -0.189. The van der Waals surface area contributed by atoms with Gasteiger partial charge in [0.05, 0.1) is 11.0 Å². The monoisotopic (exact) mass is 289 g/mol. The van der Waals surface area contributed by atoms with E-state index in [1.54, 1.807) is 0 Å². The van der Waals surface area contributed by atoms with Crippen LogP contribution >= 0.6 is 0 Å². The summed E-state index contributed by atoms with van der Waals surface area (Å²) in [6.45, 7) is 6.03. The Balaban J connectivity index is 1.61. The largest absolute Gasteiger partial charge is 0.481 e. The maximum Gasteiger partial charge on any atom is 0.310 e. The number of aliphatic carboxylic acids is 1. The fourth-order valence-electron chi connectivity index (χ4n) is 3.04. The molecule has 3 rings (SSSR count). The van der Waals surface area contributed by atoms with Gasteiger partial charge in [0.15, 0.2) is 0 Å². The van der Waals surface area contributed by atoms with E-state index in [-0.39, 0.29) is 23.3 Å². The predicted octanol–water partition coefficient (Wildman–Crippen LogP) is 1.37. The van der Waals surface area contributed by atoms with Crippen LogP contribution < -0.4 is 5.32 Å². The fraction of sp³-hybridized carbons (Fsp3) is 0.600. The second-order valence-electron chi connectivity index (χ2n) is 7.10. The highest BCUT2D eigenvalue weighted by Crippen LogP contribution is 2.67. The van der Waals surface area contributed by atoms with E-state index in [0.717, 1.165) is 0 Å². The number of carboxylic acids is 1. The summed E-state index contributed by atoms with van der Waals surface area (Å²) in [5.41, 5.74) is -0.292. The van der Waals surface area contributed by atoms with Crippen molar-refractivity contribution in [3.8, 4) is 0 Å².